The molecule has 0 bridgehead atoms. The van der Waals surface area contributed by atoms with Gasteiger partial charge >= 0.3 is 5.97 Å². The van der Waals surface area contributed by atoms with Crippen LogP contribution in [0, 0.1) is 0 Å². The summed E-state index contributed by atoms with van der Waals surface area (Å²) < 4.78 is 22.2. The van der Waals surface area contributed by atoms with E-state index < -0.39 is 5.97 Å². The summed E-state index contributed by atoms with van der Waals surface area (Å²) in [6.45, 7) is 0.988. The molecule has 5 nitrogen and oxygen atoms in total. The SMILES string of the molecule is O=C(OCc1cc(Cl)c2c(c1)OCCO2)c1cccc(Oc2ccccc2)c1. The van der Waals surface area contributed by atoms with Crippen molar-refractivity contribution in [2.24, 2.45) is 0 Å². The molecule has 0 aromatic heterocycles. The number of benzene rings is 3. The van der Waals surface area contributed by atoms with Crippen LogP contribution < -0.4 is 14.2 Å². The summed E-state index contributed by atoms with van der Waals surface area (Å²) in [5.41, 5.74) is 1.12. The van der Waals surface area contributed by atoms with Crippen molar-refractivity contribution in [2.75, 3.05) is 13.2 Å². The van der Waals surface area contributed by atoms with Crippen molar-refractivity contribution in [3.8, 4) is 23.0 Å². The Labute approximate surface area is 167 Å². The number of carbonyl (C=O) groups excluding carboxylic acids is 1. The second-order valence-corrected chi connectivity index (χ2v) is 6.53. The van der Waals surface area contributed by atoms with Gasteiger partial charge in [-0.25, -0.2) is 4.79 Å². The highest BCUT2D eigenvalue weighted by molar-refractivity contribution is 6.32. The lowest BCUT2D eigenvalue weighted by molar-refractivity contribution is 0.0471. The number of rotatable bonds is 5. The average Bonchev–Trinajstić information content (AvgIpc) is 2.73. The van der Waals surface area contributed by atoms with Crippen molar-refractivity contribution in [3.05, 3.63) is 82.9 Å². The van der Waals surface area contributed by atoms with E-state index in [1.807, 2.05) is 30.3 Å². The van der Waals surface area contributed by atoms with Crippen molar-refractivity contribution in [1.29, 1.82) is 0 Å². The molecule has 0 amide bonds. The first kappa shape index (κ1) is 18.2. The molecule has 0 spiro atoms. The minimum atomic E-state index is -0.454. The maximum absolute atomic E-state index is 12.4. The Morgan fingerprint density at radius 1 is 0.929 bits per heavy atom. The van der Waals surface area contributed by atoms with E-state index in [1.165, 1.54) is 0 Å². The topological polar surface area (TPSA) is 54.0 Å². The molecule has 28 heavy (non-hydrogen) atoms. The maximum atomic E-state index is 12.4. The van der Waals surface area contributed by atoms with Gasteiger partial charge in [0, 0.05) is 0 Å². The second-order valence-electron chi connectivity index (χ2n) is 6.12. The monoisotopic (exact) mass is 396 g/mol. The van der Waals surface area contributed by atoms with Crippen LogP contribution in [0.15, 0.2) is 66.7 Å². The van der Waals surface area contributed by atoms with Crippen LogP contribution in [-0.4, -0.2) is 19.2 Å². The van der Waals surface area contributed by atoms with Gasteiger partial charge in [-0.2, -0.15) is 0 Å². The van der Waals surface area contributed by atoms with Gasteiger partial charge in [0.05, 0.1) is 10.6 Å². The molecule has 0 unspecified atom stereocenters. The molecule has 1 aliphatic heterocycles. The Hall–Kier alpha value is -3.18. The van der Waals surface area contributed by atoms with Gasteiger partial charge in [-0.1, -0.05) is 35.9 Å². The van der Waals surface area contributed by atoms with Crippen molar-refractivity contribution < 1.29 is 23.7 Å². The predicted molar refractivity (Wildman–Crippen MR) is 105 cm³/mol. The number of hydrogen-bond acceptors (Lipinski definition) is 5. The number of fused-ring (bicyclic) bond motifs is 1. The van der Waals surface area contributed by atoms with E-state index in [4.69, 9.17) is 30.5 Å². The lowest BCUT2D eigenvalue weighted by Crippen LogP contribution is -2.16. The highest BCUT2D eigenvalue weighted by Gasteiger charge is 2.17. The van der Waals surface area contributed by atoms with E-state index in [0.29, 0.717) is 46.8 Å². The molecule has 1 aliphatic rings. The lowest BCUT2D eigenvalue weighted by Gasteiger charge is -2.20. The number of carbonyl (C=O) groups is 1. The summed E-state index contributed by atoms with van der Waals surface area (Å²) >= 11 is 6.22. The van der Waals surface area contributed by atoms with Gasteiger partial charge in [-0.3, -0.25) is 0 Å². The number of esters is 1. The Kier molecular flexibility index (Phi) is 5.35. The lowest BCUT2D eigenvalue weighted by atomic mass is 10.2. The van der Waals surface area contributed by atoms with Crippen molar-refractivity contribution in [3.63, 3.8) is 0 Å². The highest BCUT2D eigenvalue weighted by atomic mass is 35.5. The standard InChI is InChI=1S/C22H17ClO5/c23-19-11-15(12-20-21(19)26-10-9-25-20)14-27-22(24)16-5-4-8-18(13-16)28-17-6-2-1-3-7-17/h1-8,11-13H,9-10,14H2. The van der Waals surface area contributed by atoms with E-state index in [9.17, 15) is 4.79 Å². The van der Waals surface area contributed by atoms with Gasteiger partial charge < -0.3 is 18.9 Å². The Morgan fingerprint density at radius 2 is 1.71 bits per heavy atom. The molecule has 0 atom stereocenters. The Morgan fingerprint density at radius 3 is 2.57 bits per heavy atom. The van der Waals surface area contributed by atoms with Crippen LogP contribution in [0.2, 0.25) is 5.02 Å². The fourth-order valence-corrected chi connectivity index (χ4v) is 3.08. The fourth-order valence-electron chi connectivity index (χ4n) is 2.79. The Bertz CT molecular complexity index is 987. The summed E-state index contributed by atoms with van der Waals surface area (Å²) in [6.07, 6.45) is 0. The maximum Gasteiger partial charge on any atom is 0.338 e. The summed E-state index contributed by atoms with van der Waals surface area (Å²) in [5.74, 6) is 1.88. The van der Waals surface area contributed by atoms with E-state index in [1.54, 1.807) is 36.4 Å². The third kappa shape index (κ3) is 4.21. The van der Waals surface area contributed by atoms with Gasteiger partial charge in [-0.15, -0.1) is 0 Å². The van der Waals surface area contributed by atoms with Gasteiger partial charge in [0.1, 0.15) is 31.3 Å². The van der Waals surface area contributed by atoms with Crippen molar-refractivity contribution >= 4 is 17.6 Å². The zero-order valence-electron chi connectivity index (χ0n) is 14.9. The van der Waals surface area contributed by atoms with E-state index >= 15 is 0 Å². The number of halogens is 1. The van der Waals surface area contributed by atoms with Crippen LogP contribution in [0.5, 0.6) is 23.0 Å². The molecule has 1 heterocycles. The molecule has 0 aliphatic carbocycles. The van der Waals surface area contributed by atoms with Gasteiger partial charge in [0.2, 0.25) is 0 Å². The number of para-hydroxylation sites is 1. The summed E-state index contributed by atoms with van der Waals surface area (Å²) in [4.78, 5) is 12.4. The van der Waals surface area contributed by atoms with Gasteiger partial charge in [-0.05, 0) is 48.0 Å². The smallest absolute Gasteiger partial charge is 0.338 e. The first-order chi connectivity index (χ1) is 13.7. The van der Waals surface area contributed by atoms with Crippen molar-refractivity contribution in [2.45, 2.75) is 6.61 Å². The summed E-state index contributed by atoms with van der Waals surface area (Å²) in [5, 5.41) is 0.432. The number of hydrogen-bond donors (Lipinski definition) is 0. The van der Waals surface area contributed by atoms with E-state index in [2.05, 4.69) is 0 Å². The van der Waals surface area contributed by atoms with Gasteiger partial charge in [0.15, 0.2) is 11.5 Å². The summed E-state index contributed by atoms with van der Waals surface area (Å²) in [7, 11) is 0. The fraction of sp³-hybridized carbons (Fsp3) is 0.136. The minimum absolute atomic E-state index is 0.0684. The van der Waals surface area contributed by atoms with Crippen LogP contribution in [0.25, 0.3) is 0 Å². The average molecular weight is 397 g/mol. The molecule has 6 heteroatoms. The van der Waals surface area contributed by atoms with E-state index in [0.717, 1.165) is 5.56 Å². The molecule has 0 saturated carbocycles. The normalized spacial score (nSPS) is 12.3. The van der Waals surface area contributed by atoms with Crippen LogP contribution in [0.4, 0.5) is 0 Å². The van der Waals surface area contributed by atoms with Crippen LogP contribution >= 0.6 is 11.6 Å². The first-order valence-corrected chi connectivity index (χ1v) is 9.15. The third-order valence-corrected chi connectivity index (χ3v) is 4.36. The minimum Gasteiger partial charge on any atom is -0.486 e. The first-order valence-electron chi connectivity index (χ1n) is 8.77. The molecule has 0 radical (unpaired) electrons. The predicted octanol–water partition coefficient (Wildman–Crippen LogP) is 5.26. The summed E-state index contributed by atoms with van der Waals surface area (Å²) in [6, 6.07) is 19.7. The zero-order chi connectivity index (χ0) is 19.3. The largest absolute Gasteiger partial charge is 0.486 e. The molecule has 4 rings (SSSR count). The third-order valence-electron chi connectivity index (χ3n) is 4.08. The molecule has 3 aromatic rings. The molecular formula is C22H17ClO5. The van der Waals surface area contributed by atoms with Gasteiger partial charge in [0.25, 0.3) is 0 Å². The molecule has 0 saturated heterocycles. The molecule has 0 fully saturated rings. The molecule has 3 aromatic carbocycles. The number of ether oxygens (including phenoxy) is 4. The van der Waals surface area contributed by atoms with Crippen molar-refractivity contribution in [1.82, 2.24) is 0 Å². The zero-order valence-corrected chi connectivity index (χ0v) is 15.6. The molecule has 142 valence electrons. The Balaban J connectivity index is 1.43. The molecular weight excluding hydrogens is 380 g/mol. The van der Waals surface area contributed by atoms with Crippen LogP contribution in [-0.2, 0) is 11.3 Å². The van der Waals surface area contributed by atoms with Crippen LogP contribution in [0.3, 0.4) is 0 Å². The highest BCUT2D eigenvalue weighted by Crippen LogP contribution is 2.38. The second kappa shape index (κ2) is 8.23. The molecule has 0 N–H and O–H groups in total. The van der Waals surface area contributed by atoms with Crippen LogP contribution in [0.1, 0.15) is 15.9 Å². The van der Waals surface area contributed by atoms with E-state index in [-0.39, 0.29) is 6.61 Å². The quantitative estimate of drug-likeness (QED) is 0.550.